The number of hydrogen-bond acceptors (Lipinski definition) is 5. The lowest BCUT2D eigenvalue weighted by atomic mass is 9.91. The summed E-state index contributed by atoms with van der Waals surface area (Å²) in [5.41, 5.74) is 6.25. The van der Waals surface area contributed by atoms with E-state index in [1.165, 1.54) is 4.88 Å². The van der Waals surface area contributed by atoms with E-state index in [9.17, 15) is 9.90 Å². The van der Waals surface area contributed by atoms with E-state index in [1.807, 2.05) is 13.8 Å². The molecule has 1 aromatic heterocycles. The van der Waals surface area contributed by atoms with E-state index in [1.54, 1.807) is 11.3 Å². The van der Waals surface area contributed by atoms with Crippen LogP contribution >= 0.6 is 11.3 Å². The van der Waals surface area contributed by atoms with E-state index in [0.717, 1.165) is 43.2 Å². The first kappa shape index (κ1) is 14.4. The second kappa shape index (κ2) is 5.98. The van der Waals surface area contributed by atoms with Crippen LogP contribution in [0.4, 0.5) is 0 Å². The Hall–Kier alpha value is -0.980. The van der Waals surface area contributed by atoms with Crippen molar-refractivity contribution in [1.29, 1.82) is 0 Å². The fourth-order valence-corrected chi connectivity index (χ4v) is 3.56. The maximum atomic E-state index is 11.0. The molecular formula is C13H21N3O2S. The van der Waals surface area contributed by atoms with E-state index in [2.05, 4.69) is 9.88 Å². The van der Waals surface area contributed by atoms with E-state index in [4.69, 9.17) is 5.73 Å². The molecule has 0 aromatic carbocycles. The van der Waals surface area contributed by atoms with Gasteiger partial charge in [-0.3, -0.25) is 9.69 Å². The first-order valence-electron chi connectivity index (χ1n) is 6.60. The SMILES string of the molecule is Cc1nc(C)c(CN2CCC(C(O)C(N)=O)CC2)s1. The van der Waals surface area contributed by atoms with Crippen molar-refractivity contribution < 1.29 is 9.90 Å². The lowest BCUT2D eigenvalue weighted by molar-refractivity contribution is -0.129. The minimum absolute atomic E-state index is 0.0121. The van der Waals surface area contributed by atoms with Crippen molar-refractivity contribution in [2.75, 3.05) is 13.1 Å². The van der Waals surface area contributed by atoms with E-state index in [0.29, 0.717) is 0 Å². The van der Waals surface area contributed by atoms with Gasteiger partial charge < -0.3 is 10.8 Å². The zero-order chi connectivity index (χ0) is 14.0. The van der Waals surface area contributed by atoms with Crippen LogP contribution in [-0.2, 0) is 11.3 Å². The Labute approximate surface area is 117 Å². The van der Waals surface area contributed by atoms with Crippen LogP contribution in [0.5, 0.6) is 0 Å². The van der Waals surface area contributed by atoms with Gasteiger partial charge >= 0.3 is 0 Å². The number of aryl methyl sites for hydroxylation is 2. The van der Waals surface area contributed by atoms with Gasteiger partial charge in [-0.1, -0.05) is 0 Å². The standard InChI is InChI=1S/C13H21N3O2S/c1-8-11(19-9(2)15-8)7-16-5-3-10(4-6-16)12(17)13(14)18/h10,12,17H,3-7H2,1-2H3,(H2,14,18). The van der Waals surface area contributed by atoms with Crippen molar-refractivity contribution in [3.8, 4) is 0 Å². The van der Waals surface area contributed by atoms with Gasteiger partial charge in [0.2, 0.25) is 5.91 Å². The van der Waals surface area contributed by atoms with Gasteiger partial charge in [0.25, 0.3) is 0 Å². The van der Waals surface area contributed by atoms with E-state index < -0.39 is 12.0 Å². The molecule has 3 N–H and O–H groups in total. The highest BCUT2D eigenvalue weighted by molar-refractivity contribution is 7.11. The highest BCUT2D eigenvalue weighted by Gasteiger charge is 2.28. The van der Waals surface area contributed by atoms with Crippen LogP contribution in [0.3, 0.4) is 0 Å². The minimum atomic E-state index is -0.991. The maximum Gasteiger partial charge on any atom is 0.246 e. The quantitative estimate of drug-likeness (QED) is 0.857. The molecule has 2 rings (SSSR count). The maximum absolute atomic E-state index is 11.0. The number of carbonyl (C=O) groups excluding carboxylic acids is 1. The van der Waals surface area contributed by atoms with Gasteiger partial charge in [-0.2, -0.15) is 0 Å². The molecule has 1 aliphatic heterocycles. The number of primary amides is 1. The molecule has 0 aliphatic carbocycles. The van der Waals surface area contributed by atoms with E-state index in [-0.39, 0.29) is 5.92 Å². The summed E-state index contributed by atoms with van der Waals surface area (Å²) in [7, 11) is 0. The molecule has 1 aliphatic rings. The molecule has 0 saturated carbocycles. The van der Waals surface area contributed by atoms with Crippen molar-refractivity contribution in [3.63, 3.8) is 0 Å². The number of aliphatic hydroxyl groups excluding tert-OH is 1. The fraction of sp³-hybridized carbons (Fsp3) is 0.692. The van der Waals surface area contributed by atoms with Crippen LogP contribution in [-0.4, -0.2) is 40.1 Å². The highest BCUT2D eigenvalue weighted by atomic mass is 32.1. The molecule has 0 radical (unpaired) electrons. The summed E-state index contributed by atoms with van der Waals surface area (Å²) < 4.78 is 0. The van der Waals surface area contributed by atoms with Crippen molar-refractivity contribution in [2.24, 2.45) is 11.7 Å². The van der Waals surface area contributed by atoms with Crippen LogP contribution in [0, 0.1) is 19.8 Å². The summed E-state index contributed by atoms with van der Waals surface area (Å²) in [6.45, 7) is 6.77. The third kappa shape index (κ3) is 3.52. The van der Waals surface area contributed by atoms with Crippen molar-refractivity contribution in [1.82, 2.24) is 9.88 Å². The molecule has 1 unspecified atom stereocenters. The molecule has 0 spiro atoms. The molecule has 106 valence electrons. The van der Waals surface area contributed by atoms with Crippen LogP contribution in [0.1, 0.15) is 28.4 Å². The Kier molecular flexibility index (Phi) is 4.54. The lowest BCUT2D eigenvalue weighted by Crippen LogP contribution is -2.42. The molecule has 0 bridgehead atoms. The van der Waals surface area contributed by atoms with Crippen LogP contribution in [0.2, 0.25) is 0 Å². The summed E-state index contributed by atoms with van der Waals surface area (Å²) in [5, 5.41) is 10.8. The average molecular weight is 283 g/mol. The summed E-state index contributed by atoms with van der Waals surface area (Å²) in [6.07, 6.45) is 0.650. The van der Waals surface area contributed by atoms with Gasteiger partial charge in [0.05, 0.1) is 10.7 Å². The molecule has 5 nitrogen and oxygen atoms in total. The Morgan fingerprint density at radius 2 is 2.16 bits per heavy atom. The number of piperidine rings is 1. The Balaban J connectivity index is 1.87. The third-order valence-corrected chi connectivity index (χ3v) is 4.79. The van der Waals surface area contributed by atoms with Crippen LogP contribution in [0.15, 0.2) is 0 Å². The second-order valence-electron chi connectivity index (χ2n) is 5.20. The van der Waals surface area contributed by atoms with Crippen molar-refractivity contribution in [3.05, 3.63) is 15.6 Å². The Bertz CT molecular complexity index is 453. The van der Waals surface area contributed by atoms with Crippen LogP contribution < -0.4 is 5.73 Å². The monoisotopic (exact) mass is 283 g/mol. The van der Waals surface area contributed by atoms with Gasteiger partial charge in [-0.05, 0) is 45.7 Å². The number of aromatic nitrogens is 1. The smallest absolute Gasteiger partial charge is 0.246 e. The molecular weight excluding hydrogens is 262 g/mol. The topological polar surface area (TPSA) is 79.4 Å². The third-order valence-electron chi connectivity index (χ3n) is 3.74. The summed E-state index contributed by atoms with van der Waals surface area (Å²) >= 11 is 1.74. The Morgan fingerprint density at radius 1 is 1.53 bits per heavy atom. The van der Waals surface area contributed by atoms with Crippen LogP contribution in [0.25, 0.3) is 0 Å². The Morgan fingerprint density at radius 3 is 2.63 bits per heavy atom. The molecule has 2 heterocycles. The molecule has 6 heteroatoms. The molecule has 1 aromatic rings. The highest BCUT2D eigenvalue weighted by Crippen LogP contribution is 2.24. The first-order chi connectivity index (χ1) is 8.97. The normalized spacial score (nSPS) is 19.5. The first-order valence-corrected chi connectivity index (χ1v) is 7.41. The van der Waals surface area contributed by atoms with Gasteiger partial charge in [0.1, 0.15) is 6.10 Å². The van der Waals surface area contributed by atoms with Gasteiger partial charge in [-0.25, -0.2) is 4.98 Å². The predicted octanol–water partition coefficient (Wildman–Crippen LogP) is 0.818. The fourth-order valence-electron chi connectivity index (χ4n) is 2.58. The number of hydrogen-bond donors (Lipinski definition) is 2. The number of thiazole rings is 1. The number of likely N-dealkylation sites (tertiary alicyclic amines) is 1. The lowest BCUT2D eigenvalue weighted by Gasteiger charge is -2.33. The summed E-state index contributed by atoms with van der Waals surface area (Å²) in [5.74, 6) is -0.592. The molecule has 19 heavy (non-hydrogen) atoms. The zero-order valence-electron chi connectivity index (χ0n) is 11.4. The van der Waals surface area contributed by atoms with Gasteiger partial charge in [0, 0.05) is 11.4 Å². The molecule has 1 fully saturated rings. The van der Waals surface area contributed by atoms with E-state index >= 15 is 0 Å². The van der Waals surface area contributed by atoms with Crippen molar-refractivity contribution >= 4 is 17.2 Å². The summed E-state index contributed by atoms with van der Waals surface area (Å²) in [4.78, 5) is 19.1. The number of amides is 1. The van der Waals surface area contributed by atoms with Gasteiger partial charge in [-0.15, -0.1) is 11.3 Å². The molecule has 1 saturated heterocycles. The number of nitrogens with zero attached hydrogens (tertiary/aromatic N) is 2. The average Bonchev–Trinajstić information content (AvgIpc) is 2.68. The van der Waals surface area contributed by atoms with Crippen molar-refractivity contribution in [2.45, 2.75) is 39.3 Å². The minimum Gasteiger partial charge on any atom is -0.383 e. The van der Waals surface area contributed by atoms with Gasteiger partial charge in [0.15, 0.2) is 0 Å². The molecule has 1 atom stereocenters. The zero-order valence-corrected chi connectivity index (χ0v) is 12.2. The summed E-state index contributed by atoms with van der Waals surface area (Å²) in [6, 6.07) is 0. The predicted molar refractivity (Wildman–Crippen MR) is 74.8 cm³/mol. The molecule has 1 amide bonds. The number of nitrogens with two attached hydrogens (primary N) is 1. The number of carbonyl (C=O) groups is 1. The number of aliphatic hydroxyl groups is 1. The largest absolute Gasteiger partial charge is 0.383 e. The second-order valence-corrected chi connectivity index (χ2v) is 6.49. The number of rotatable bonds is 4.